The van der Waals surface area contributed by atoms with Gasteiger partial charge >= 0.3 is 0 Å². The summed E-state index contributed by atoms with van der Waals surface area (Å²) in [7, 11) is 0. The van der Waals surface area contributed by atoms with Gasteiger partial charge in [0.1, 0.15) is 0 Å². The highest BCUT2D eigenvalue weighted by Crippen LogP contribution is 2.17. The number of halogens is 1. The molecule has 4 heteroatoms. The number of benzene rings is 1. The molecule has 1 aromatic carbocycles. The lowest BCUT2D eigenvalue weighted by atomic mass is 10.0. The number of anilines is 1. The van der Waals surface area contributed by atoms with Crippen LogP contribution in [0.1, 0.15) is 32.3 Å². The van der Waals surface area contributed by atoms with Crippen molar-refractivity contribution in [2.24, 2.45) is 5.73 Å². The summed E-state index contributed by atoms with van der Waals surface area (Å²) in [5.74, 6) is 0.343. The minimum absolute atomic E-state index is 0. The SMILES string of the molecule is CC(N)C(=O)Nc1ccc(C(C)C)cc1.Cl. The first-order valence-electron chi connectivity index (χ1n) is 5.17. The van der Waals surface area contributed by atoms with E-state index in [1.54, 1.807) is 6.92 Å². The van der Waals surface area contributed by atoms with Crippen molar-refractivity contribution in [2.75, 3.05) is 5.32 Å². The van der Waals surface area contributed by atoms with Crippen LogP contribution in [0.4, 0.5) is 5.69 Å². The van der Waals surface area contributed by atoms with Crippen LogP contribution in [-0.2, 0) is 4.79 Å². The largest absolute Gasteiger partial charge is 0.325 e. The molecule has 0 aliphatic heterocycles. The minimum atomic E-state index is -0.477. The highest BCUT2D eigenvalue weighted by atomic mass is 35.5. The van der Waals surface area contributed by atoms with Gasteiger partial charge in [-0.25, -0.2) is 0 Å². The lowest BCUT2D eigenvalue weighted by Crippen LogP contribution is -2.32. The van der Waals surface area contributed by atoms with Crippen molar-refractivity contribution in [1.29, 1.82) is 0 Å². The standard InChI is InChI=1S/C12H18N2O.ClH/c1-8(2)10-4-6-11(7-5-10)14-12(15)9(3)13;/h4-9H,13H2,1-3H3,(H,14,15);1H. The van der Waals surface area contributed by atoms with Crippen LogP contribution < -0.4 is 11.1 Å². The van der Waals surface area contributed by atoms with Crippen LogP contribution in [0.3, 0.4) is 0 Å². The molecule has 0 aromatic heterocycles. The maximum Gasteiger partial charge on any atom is 0.240 e. The molecule has 0 saturated carbocycles. The van der Waals surface area contributed by atoms with E-state index in [1.165, 1.54) is 5.56 Å². The van der Waals surface area contributed by atoms with E-state index < -0.39 is 6.04 Å². The predicted octanol–water partition coefficient (Wildman–Crippen LogP) is 2.52. The summed E-state index contributed by atoms with van der Waals surface area (Å²) in [6.07, 6.45) is 0. The molecule has 90 valence electrons. The normalized spacial score (nSPS) is 11.8. The van der Waals surface area contributed by atoms with Gasteiger partial charge in [0.05, 0.1) is 6.04 Å². The van der Waals surface area contributed by atoms with Gasteiger partial charge < -0.3 is 11.1 Å². The zero-order chi connectivity index (χ0) is 11.4. The molecular formula is C12H19ClN2O. The third-order valence-electron chi connectivity index (χ3n) is 2.26. The van der Waals surface area contributed by atoms with Crippen molar-refractivity contribution in [3.05, 3.63) is 29.8 Å². The number of rotatable bonds is 3. The van der Waals surface area contributed by atoms with Crippen LogP contribution in [0, 0.1) is 0 Å². The summed E-state index contributed by atoms with van der Waals surface area (Å²) in [6.45, 7) is 5.93. The smallest absolute Gasteiger partial charge is 0.240 e. The van der Waals surface area contributed by atoms with E-state index in [0.717, 1.165) is 5.69 Å². The predicted molar refractivity (Wildman–Crippen MR) is 70.1 cm³/mol. The number of carbonyl (C=O) groups is 1. The number of carbonyl (C=O) groups excluding carboxylic acids is 1. The molecule has 0 aliphatic rings. The molecule has 3 nitrogen and oxygen atoms in total. The second kappa shape index (κ2) is 6.51. The Labute approximate surface area is 103 Å². The van der Waals surface area contributed by atoms with Gasteiger partial charge in [-0.05, 0) is 30.5 Å². The first kappa shape index (κ1) is 14.9. The maximum atomic E-state index is 11.3. The van der Waals surface area contributed by atoms with Crippen LogP contribution in [0.2, 0.25) is 0 Å². The molecule has 1 amide bonds. The molecule has 1 aromatic rings. The van der Waals surface area contributed by atoms with Gasteiger partial charge in [-0.15, -0.1) is 12.4 Å². The monoisotopic (exact) mass is 242 g/mol. The Hall–Kier alpha value is -1.06. The second-order valence-electron chi connectivity index (χ2n) is 4.05. The molecule has 0 aliphatic carbocycles. The number of nitrogens with one attached hydrogen (secondary N) is 1. The summed E-state index contributed by atoms with van der Waals surface area (Å²) >= 11 is 0. The van der Waals surface area contributed by atoms with Crippen molar-refractivity contribution in [3.63, 3.8) is 0 Å². The number of hydrogen-bond donors (Lipinski definition) is 2. The lowest BCUT2D eigenvalue weighted by Gasteiger charge is -2.09. The van der Waals surface area contributed by atoms with E-state index in [2.05, 4.69) is 19.2 Å². The molecule has 16 heavy (non-hydrogen) atoms. The third-order valence-corrected chi connectivity index (χ3v) is 2.26. The fourth-order valence-corrected chi connectivity index (χ4v) is 1.21. The molecule has 1 atom stereocenters. The van der Waals surface area contributed by atoms with Crippen molar-refractivity contribution in [2.45, 2.75) is 32.7 Å². The zero-order valence-corrected chi connectivity index (χ0v) is 10.7. The van der Waals surface area contributed by atoms with Crippen molar-refractivity contribution < 1.29 is 4.79 Å². The van der Waals surface area contributed by atoms with Crippen molar-refractivity contribution in [1.82, 2.24) is 0 Å². The Balaban J connectivity index is 0.00000225. The van der Waals surface area contributed by atoms with E-state index in [9.17, 15) is 4.79 Å². The summed E-state index contributed by atoms with van der Waals surface area (Å²) in [5.41, 5.74) is 7.50. The Morgan fingerprint density at radius 3 is 2.06 bits per heavy atom. The van der Waals surface area contributed by atoms with Gasteiger partial charge in [-0.3, -0.25) is 4.79 Å². The highest BCUT2D eigenvalue weighted by Gasteiger charge is 2.07. The molecule has 1 rings (SSSR count). The molecule has 0 spiro atoms. The van der Waals surface area contributed by atoms with E-state index >= 15 is 0 Å². The van der Waals surface area contributed by atoms with Crippen LogP contribution >= 0.6 is 12.4 Å². The van der Waals surface area contributed by atoms with Gasteiger partial charge in [0.25, 0.3) is 0 Å². The van der Waals surface area contributed by atoms with Gasteiger partial charge in [0, 0.05) is 5.69 Å². The fourth-order valence-electron chi connectivity index (χ4n) is 1.21. The van der Waals surface area contributed by atoms with Gasteiger partial charge in [-0.2, -0.15) is 0 Å². The third kappa shape index (κ3) is 4.21. The van der Waals surface area contributed by atoms with E-state index in [1.807, 2.05) is 24.3 Å². The Bertz CT molecular complexity index is 333. The Morgan fingerprint density at radius 2 is 1.69 bits per heavy atom. The molecule has 3 N–H and O–H groups in total. The van der Waals surface area contributed by atoms with Crippen molar-refractivity contribution in [3.8, 4) is 0 Å². The number of hydrogen-bond acceptors (Lipinski definition) is 2. The molecule has 0 heterocycles. The van der Waals surface area contributed by atoms with Crippen LogP contribution in [0.5, 0.6) is 0 Å². The van der Waals surface area contributed by atoms with Crippen LogP contribution in [0.15, 0.2) is 24.3 Å². The van der Waals surface area contributed by atoms with Crippen molar-refractivity contribution >= 4 is 24.0 Å². The lowest BCUT2D eigenvalue weighted by molar-refractivity contribution is -0.117. The van der Waals surface area contributed by atoms with E-state index in [-0.39, 0.29) is 18.3 Å². The quantitative estimate of drug-likeness (QED) is 0.856. The zero-order valence-electron chi connectivity index (χ0n) is 9.86. The molecule has 1 unspecified atom stereocenters. The molecule has 0 fully saturated rings. The molecule has 0 bridgehead atoms. The highest BCUT2D eigenvalue weighted by molar-refractivity contribution is 5.94. The summed E-state index contributed by atoms with van der Waals surface area (Å²) in [6, 6.07) is 7.35. The summed E-state index contributed by atoms with van der Waals surface area (Å²) in [4.78, 5) is 11.3. The molecule has 0 radical (unpaired) electrons. The van der Waals surface area contributed by atoms with Gasteiger partial charge in [0.15, 0.2) is 0 Å². The summed E-state index contributed by atoms with van der Waals surface area (Å²) in [5, 5.41) is 2.74. The average Bonchev–Trinajstić information content (AvgIpc) is 2.18. The van der Waals surface area contributed by atoms with Gasteiger partial charge in [-0.1, -0.05) is 26.0 Å². The Morgan fingerprint density at radius 1 is 1.19 bits per heavy atom. The first-order valence-corrected chi connectivity index (χ1v) is 5.17. The minimum Gasteiger partial charge on any atom is -0.325 e. The van der Waals surface area contributed by atoms with Crippen LogP contribution in [0.25, 0.3) is 0 Å². The number of amides is 1. The maximum absolute atomic E-state index is 11.3. The van der Waals surface area contributed by atoms with E-state index in [4.69, 9.17) is 5.73 Å². The van der Waals surface area contributed by atoms with Crippen LogP contribution in [-0.4, -0.2) is 11.9 Å². The molecule has 0 saturated heterocycles. The fraction of sp³-hybridized carbons (Fsp3) is 0.417. The van der Waals surface area contributed by atoms with E-state index in [0.29, 0.717) is 5.92 Å². The Kier molecular flexibility index (Phi) is 6.08. The first-order chi connectivity index (χ1) is 7.00. The molecular weight excluding hydrogens is 224 g/mol. The topological polar surface area (TPSA) is 55.1 Å². The number of nitrogens with two attached hydrogens (primary N) is 1. The van der Waals surface area contributed by atoms with Gasteiger partial charge in [0.2, 0.25) is 5.91 Å². The summed E-state index contributed by atoms with van der Waals surface area (Å²) < 4.78 is 0. The second-order valence-corrected chi connectivity index (χ2v) is 4.05. The average molecular weight is 243 g/mol.